The van der Waals surface area contributed by atoms with Crippen LogP contribution < -0.4 is 10.1 Å². The van der Waals surface area contributed by atoms with Crippen LogP contribution in [0.15, 0.2) is 22.1 Å². The molecule has 0 aliphatic rings. The molecule has 0 saturated carbocycles. The number of methoxy groups -OCH3 is 1. The fourth-order valence-corrected chi connectivity index (χ4v) is 2.31. The zero-order valence-electron chi connectivity index (χ0n) is 10.0. The SMILES string of the molecule is CNCCCc1ncc(-c2cc(OC)cs2)o1. The van der Waals surface area contributed by atoms with Crippen LogP contribution in [0.5, 0.6) is 5.75 Å². The second-order valence-corrected chi connectivity index (χ2v) is 4.59. The summed E-state index contributed by atoms with van der Waals surface area (Å²) in [5.41, 5.74) is 0. The van der Waals surface area contributed by atoms with Gasteiger partial charge in [-0.3, -0.25) is 0 Å². The molecule has 0 aromatic carbocycles. The van der Waals surface area contributed by atoms with Crippen molar-refractivity contribution in [3.63, 3.8) is 0 Å². The van der Waals surface area contributed by atoms with E-state index in [0.717, 1.165) is 41.7 Å². The molecule has 0 amide bonds. The Morgan fingerprint density at radius 3 is 3.12 bits per heavy atom. The van der Waals surface area contributed by atoms with E-state index in [4.69, 9.17) is 9.15 Å². The Hall–Kier alpha value is -1.33. The molecule has 0 radical (unpaired) electrons. The predicted molar refractivity (Wildman–Crippen MR) is 68.6 cm³/mol. The molecule has 0 spiro atoms. The number of nitrogens with one attached hydrogen (secondary N) is 1. The number of oxazole rings is 1. The van der Waals surface area contributed by atoms with Crippen LogP contribution in [-0.2, 0) is 6.42 Å². The van der Waals surface area contributed by atoms with E-state index < -0.39 is 0 Å². The lowest BCUT2D eigenvalue weighted by molar-refractivity contribution is 0.416. The van der Waals surface area contributed by atoms with E-state index in [1.807, 2.05) is 18.5 Å². The average molecular weight is 252 g/mol. The number of aromatic nitrogens is 1. The standard InChI is InChI=1S/C12H16N2O2S/c1-13-5-3-4-12-14-7-10(16-12)11-6-9(15-2)8-17-11/h6-8,13H,3-5H2,1-2H3. The van der Waals surface area contributed by atoms with Gasteiger partial charge < -0.3 is 14.5 Å². The van der Waals surface area contributed by atoms with Crippen LogP contribution in [0, 0.1) is 0 Å². The predicted octanol–water partition coefficient (Wildman–Crippen LogP) is 2.56. The molecule has 0 unspecified atom stereocenters. The summed E-state index contributed by atoms with van der Waals surface area (Å²) in [7, 11) is 3.61. The van der Waals surface area contributed by atoms with E-state index in [1.165, 1.54) is 0 Å². The van der Waals surface area contributed by atoms with Gasteiger partial charge in [-0.25, -0.2) is 4.98 Å². The van der Waals surface area contributed by atoms with Crippen LogP contribution in [0.25, 0.3) is 10.6 Å². The summed E-state index contributed by atoms with van der Waals surface area (Å²) < 4.78 is 10.8. The third-order valence-corrected chi connectivity index (χ3v) is 3.35. The van der Waals surface area contributed by atoms with Crippen LogP contribution in [0.2, 0.25) is 0 Å². The average Bonchev–Trinajstić information content (AvgIpc) is 2.97. The van der Waals surface area contributed by atoms with Crippen molar-refractivity contribution in [2.24, 2.45) is 0 Å². The van der Waals surface area contributed by atoms with Crippen molar-refractivity contribution in [3.8, 4) is 16.4 Å². The highest BCUT2D eigenvalue weighted by molar-refractivity contribution is 7.13. The van der Waals surface area contributed by atoms with Crippen LogP contribution >= 0.6 is 11.3 Å². The number of nitrogens with zero attached hydrogens (tertiary/aromatic N) is 1. The van der Waals surface area contributed by atoms with Gasteiger partial charge in [-0.2, -0.15) is 0 Å². The Balaban J connectivity index is 2.02. The van der Waals surface area contributed by atoms with Crippen molar-refractivity contribution in [2.45, 2.75) is 12.8 Å². The third kappa shape index (κ3) is 3.08. The Bertz CT molecular complexity index is 465. The van der Waals surface area contributed by atoms with Crippen molar-refractivity contribution < 1.29 is 9.15 Å². The summed E-state index contributed by atoms with van der Waals surface area (Å²) in [6.07, 6.45) is 3.67. The van der Waals surface area contributed by atoms with Gasteiger partial charge in [0, 0.05) is 17.9 Å². The van der Waals surface area contributed by atoms with Crippen LogP contribution in [0.1, 0.15) is 12.3 Å². The molecule has 2 rings (SSSR count). The first-order valence-electron chi connectivity index (χ1n) is 5.55. The minimum absolute atomic E-state index is 0.794. The first-order chi connectivity index (χ1) is 8.33. The summed E-state index contributed by atoms with van der Waals surface area (Å²) in [4.78, 5) is 5.32. The molecule has 2 aromatic rings. The lowest BCUT2D eigenvalue weighted by Gasteiger charge is -1.95. The van der Waals surface area contributed by atoms with Gasteiger partial charge in [0.1, 0.15) is 5.75 Å². The number of aryl methyl sites for hydroxylation is 1. The highest BCUT2D eigenvalue weighted by atomic mass is 32.1. The number of thiophene rings is 1. The van der Waals surface area contributed by atoms with Gasteiger partial charge in [0.15, 0.2) is 11.7 Å². The molecule has 5 heteroatoms. The van der Waals surface area contributed by atoms with Crippen molar-refractivity contribution in [1.29, 1.82) is 0 Å². The van der Waals surface area contributed by atoms with Crippen molar-refractivity contribution in [3.05, 3.63) is 23.5 Å². The second-order valence-electron chi connectivity index (χ2n) is 3.68. The van der Waals surface area contributed by atoms with E-state index in [-0.39, 0.29) is 0 Å². The zero-order valence-corrected chi connectivity index (χ0v) is 10.8. The van der Waals surface area contributed by atoms with Gasteiger partial charge in [0.25, 0.3) is 0 Å². The summed E-state index contributed by atoms with van der Waals surface area (Å²) in [5.74, 6) is 2.47. The Labute approximate surface area is 105 Å². The monoisotopic (exact) mass is 252 g/mol. The van der Waals surface area contributed by atoms with Crippen LogP contribution in [0.3, 0.4) is 0 Å². The summed E-state index contributed by atoms with van der Waals surface area (Å²) in [6, 6.07) is 1.96. The summed E-state index contributed by atoms with van der Waals surface area (Å²) in [5, 5.41) is 5.06. The molecule has 0 aliphatic heterocycles. The third-order valence-electron chi connectivity index (χ3n) is 2.42. The molecule has 2 heterocycles. The van der Waals surface area contributed by atoms with Crippen molar-refractivity contribution >= 4 is 11.3 Å². The molecule has 0 fully saturated rings. The molecular weight excluding hydrogens is 236 g/mol. The quantitative estimate of drug-likeness (QED) is 0.803. The molecule has 17 heavy (non-hydrogen) atoms. The molecule has 0 aliphatic carbocycles. The summed E-state index contributed by atoms with van der Waals surface area (Å²) in [6.45, 7) is 0.977. The first-order valence-corrected chi connectivity index (χ1v) is 6.43. The number of ether oxygens (including phenoxy) is 1. The topological polar surface area (TPSA) is 47.3 Å². The van der Waals surface area contributed by atoms with E-state index in [2.05, 4.69) is 10.3 Å². The fraction of sp³-hybridized carbons (Fsp3) is 0.417. The normalized spacial score (nSPS) is 10.7. The smallest absolute Gasteiger partial charge is 0.194 e. The molecule has 4 nitrogen and oxygen atoms in total. The number of hydrogen-bond acceptors (Lipinski definition) is 5. The molecule has 92 valence electrons. The van der Waals surface area contributed by atoms with Gasteiger partial charge in [0.2, 0.25) is 0 Å². The molecular formula is C12H16N2O2S. The van der Waals surface area contributed by atoms with Gasteiger partial charge in [-0.05, 0) is 20.0 Å². The van der Waals surface area contributed by atoms with Crippen LogP contribution in [0.4, 0.5) is 0 Å². The minimum atomic E-state index is 0.794. The van der Waals surface area contributed by atoms with E-state index >= 15 is 0 Å². The maximum Gasteiger partial charge on any atom is 0.194 e. The van der Waals surface area contributed by atoms with Gasteiger partial charge in [0.05, 0.1) is 18.2 Å². The highest BCUT2D eigenvalue weighted by Crippen LogP contribution is 2.31. The lowest BCUT2D eigenvalue weighted by atomic mass is 10.3. The Morgan fingerprint density at radius 1 is 1.53 bits per heavy atom. The zero-order chi connectivity index (χ0) is 12.1. The van der Waals surface area contributed by atoms with E-state index in [0.29, 0.717) is 0 Å². The molecule has 0 bridgehead atoms. The van der Waals surface area contributed by atoms with Gasteiger partial charge in [-0.1, -0.05) is 0 Å². The second kappa shape index (κ2) is 5.84. The summed E-state index contributed by atoms with van der Waals surface area (Å²) >= 11 is 1.60. The highest BCUT2D eigenvalue weighted by Gasteiger charge is 2.09. The van der Waals surface area contributed by atoms with Gasteiger partial charge in [-0.15, -0.1) is 11.3 Å². The van der Waals surface area contributed by atoms with E-state index in [1.54, 1.807) is 24.6 Å². The van der Waals surface area contributed by atoms with Crippen LogP contribution in [-0.4, -0.2) is 25.7 Å². The Morgan fingerprint density at radius 2 is 2.41 bits per heavy atom. The maximum atomic E-state index is 5.69. The minimum Gasteiger partial charge on any atom is -0.496 e. The molecule has 2 aromatic heterocycles. The first kappa shape index (κ1) is 12.1. The van der Waals surface area contributed by atoms with Gasteiger partial charge >= 0.3 is 0 Å². The van der Waals surface area contributed by atoms with Crippen molar-refractivity contribution in [2.75, 3.05) is 20.7 Å². The molecule has 0 atom stereocenters. The lowest BCUT2D eigenvalue weighted by Crippen LogP contribution is -2.08. The van der Waals surface area contributed by atoms with E-state index in [9.17, 15) is 0 Å². The number of rotatable bonds is 6. The fourth-order valence-electron chi connectivity index (χ4n) is 1.51. The maximum absolute atomic E-state index is 5.69. The number of hydrogen-bond donors (Lipinski definition) is 1. The largest absolute Gasteiger partial charge is 0.496 e. The molecule has 0 saturated heterocycles. The Kier molecular flexibility index (Phi) is 4.17. The molecule has 1 N–H and O–H groups in total. The van der Waals surface area contributed by atoms with Crippen molar-refractivity contribution in [1.82, 2.24) is 10.3 Å².